The van der Waals surface area contributed by atoms with Gasteiger partial charge < -0.3 is 14.4 Å². The fourth-order valence-corrected chi connectivity index (χ4v) is 4.43. The number of amides is 2. The van der Waals surface area contributed by atoms with Crippen LogP contribution in [0, 0.1) is 5.92 Å². The molecule has 0 radical (unpaired) electrons. The van der Waals surface area contributed by atoms with E-state index in [-0.39, 0.29) is 24.6 Å². The molecular formula is C20H27N3O4. The highest BCUT2D eigenvalue weighted by Crippen LogP contribution is 2.29. The highest BCUT2D eigenvalue weighted by atomic mass is 16.6. The molecule has 1 aromatic carbocycles. The maximum atomic E-state index is 12.8. The standard InChI is InChI=1S/C20H27N3O4/c1-26-18-6-3-15(4-7-18)10-21-11-16-2-5-17(13-21)23(12-16)19(24)14-22-8-9-27-20(22)25/h3-4,6-7,16-17H,2,5,8-14H2,1H3/t16-,17+/m0/s1. The molecule has 7 nitrogen and oxygen atoms in total. The quantitative estimate of drug-likeness (QED) is 0.784. The van der Waals surface area contributed by atoms with Gasteiger partial charge >= 0.3 is 6.09 Å². The number of carbonyl (C=O) groups excluding carboxylic acids is 2. The largest absolute Gasteiger partial charge is 0.497 e. The van der Waals surface area contributed by atoms with Crippen molar-refractivity contribution in [3.63, 3.8) is 0 Å². The summed E-state index contributed by atoms with van der Waals surface area (Å²) >= 11 is 0. The maximum Gasteiger partial charge on any atom is 0.410 e. The van der Waals surface area contributed by atoms with E-state index in [0.717, 1.165) is 38.3 Å². The molecule has 2 amide bonds. The van der Waals surface area contributed by atoms with Crippen molar-refractivity contribution in [3.05, 3.63) is 29.8 Å². The molecule has 0 aliphatic carbocycles. The molecule has 146 valence electrons. The van der Waals surface area contributed by atoms with Gasteiger partial charge in [-0.05, 0) is 36.5 Å². The zero-order valence-electron chi connectivity index (χ0n) is 15.8. The summed E-state index contributed by atoms with van der Waals surface area (Å²) in [5.74, 6) is 1.42. The van der Waals surface area contributed by atoms with E-state index in [0.29, 0.717) is 19.1 Å². The molecule has 7 heteroatoms. The van der Waals surface area contributed by atoms with E-state index in [2.05, 4.69) is 17.0 Å². The summed E-state index contributed by atoms with van der Waals surface area (Å²) in [6, 6.07) is 8.42. The van der Waals surface area contributed by atoms with E-state index >= 15 is 0 Å². The van der Waals surface area contributed by atoms with Gasteiger partial charge in [0.25, 0.3) is 0 Å². The number of piperidine rings is 1. The minimum absolute atomic E-state index is 0.0508. The summed E-state index contributed by atoms with van der Waals surface area (Å²) in [6.07, 6.45) is 1.84. The van der Waals surface area contributed by atoms with E-state index in [1.165, 1.54) is 16.9 Å². The average molecular weight is 373 g/mol. The van der Waals surface area contributed by atoms with Crippen molar-refractivity contribution in [1.29, 1.82) is 0 Å². The predicted molar refractivity (Wildman–Crippen MR) is 99.4 cm³/mol. The van der Waals surface area contributed by atoms with Gasteiger partial charge in [-0.3, -0.25) is 14.6 Å². The van der Waals surface area contributed by atoms with Crippen LogP contribution in [0.1, 0.15) is 18.4 Å². The van der Waals surface area contributed by atoms with Crippen molar-refractivity contribution >= 4 is 12.0 Å². The number of rotatable bonds is 5. The minimum atomic E-state index is -0.371. The highest BCUT2D eigenvalue weighted by Gasteiger charge is 2.38. The normalized spacial score (nSPS) is 25.4. The third-order valence-corrected chi connectivity index (χ3v) is 5.85. The molecule has 4 aliphatic rings. The van der Waals surface area contributed by atoms with Gasteiger partial charge in [0.2, 0.25) is 5.91 Å². The predicted octanol–water partition coefficient (Wildman–Crippen LogP) is 1.57. The van der Waals surface area contributed by atoms with Crippen LogP contribution in [-0.2, 0) is 16.1 Å². The topological polar surface area (TPSA) is 62.3 Å². The number of hydrogen-bond donors (Lipinski definition) is 0. The summed E-state index contributed by atoms with van der Waals surface area (Å²) < 4.78 is 10.2. The Bertz CT molecular complexity index is 693. The molecule has 0 saturated carbocycles. The van der Waals surface area contributed by atoms with Gasteiger partial charge in [-0.1, -0.05) is 12.1 Å². The smallest absolute Gasteiger partial charge is 0.410 e. The number of benzene rings is 1. The number of fused-ring (bicyclic) bond motifs is 4. The first-order valence-electron chi connectivity index (χ1n) is 9.69. The highest BCUT2D eigenvalue weighted by molar-refractivity contribution is 5.83. The number of carbonyl (C=O) groups is 2. The number of cyclic esters (lactones) is 1. The Morgan fingerprint density at radius 2 is 2.00 bits per heavy atom. The van der Waals surface area contributed by atoms with Crippen molar-refractivity contribution < 1.29 is 19.1 Å². The van der Waals surface area contributed by atoms with Crippen LogP contribution in [0.3, 0.4) is 0 Å². The first-order valence-corrected chi connectivity index (χ1v) is 9.69. The van der Waals surface area contributed by atoms with Crippen molar-refractivity contribution in [2.75, 3.05) is 46.4 Å². The van der Waals surface area contributed by atoms with Crippen LogP contribution >= 0.6 is 0 Å². The Balaban J connectivity index is 1.39. The minimum Gasteiger partial charge on any atom is -0.497 e. The lowest BCUT2D eigenvalue weighted by molar-refractivity contribution is -0.135. The first-order chi connectivity index (χ1) is 13.1. The summed E-state index contributed by atoms with van der Waals surface area (Å²) in [4.78, 5) is 30.4. The van der Waals surface area contributed by atoms with Gasteiger partial charge in [0.15, 0.2) is 0 Å². The lowest BCUT2D eigenvalue weighted by atomic mass is 9.95. The lowest BCUT2D eigenvalue weighted by Gasteiger charge is -2.37. The summed E-state index contributed by atoms with van der Waals surface area (Å²) in [5, 5.41) is 0. The number of nitrogens with zero attached hydrogens (tertiary/aromatic N) is 3. The summed E-state index contributed by atoms with van der Waals surface area (Å²) in [6.45, 7) is 4.62. The second kappa shape index (κ2) is 7.76. The Morgan fingerprint density at radius 1 is 1.19 bits per heavy atom. The summed E-state index contributed by atoms with van der Waals surface area (Å²) in [7, 11) is 1.68. The van der Waals surface area contributed by atoms with Crippen LogP contribution in [0.2, 0.25) is 0 Å². The Hall–Kier alpha value is -2.28. The molecule has 1 aromatic rings. The van der Waals surface area contributed by atoms with Gasteiger partial charge in [0.1, 0.15) is 18.9 Å². The first kappa shape index (κ1) is 18.1. The third-order valence-electron chi connectivity index (χ3n) is 5.85. The van der Waals surface area contributed by atoms with Crippen molar-refractivity contribution in [2.24, 2.45) is 5.92 Å². The number of methoxy groups -OCH3 is 1. The van der Waals surface area contributed by atoms with Crippen molar-refractivity contribution in [3.8, 4) is 5.75 Å². The van der Waals surface area contributed by atoms with Gasteiger partial charge in [-0.25, -0.2) is 4.79 Å². The molecule has 0 aromatic heterocycles. The fraction of sp³-hybridized carbons (Fsp3) is 0.600. The van der Waals surface area contributed by atoms with Gasteiger partial charge in [0.05, 0.1) is 13.7 Å². The van der Waals surface area contributed by atoms with E-state index in [4.69, 9.17) is 9.47 Å². The van der Waals surface area contributed by atoms with E-state index in [9.17, 15) is 9.59 Å². The Labute approximate surface area is 159 Å². The Kier molecular flexibility index (Phi) is 5.20. The van der Waals surface area contributed by atoms with Crippen LogP contribution in [0.4, 0.5) is 4.79 Å². The lowest BCUT2D eigenvalue weighted by Crippen LogP contribution is -2.50. The third kappa shape index (κ3) is 4.03. The van der Waals surface area contributed by atoms with E-state index < -0.39 is 0 Å². The molecule has 4 saturated heterocycles. The van der Waals surface area contributed by atoms with Gasteiger partial charge in [-0.15, -0.1) is 0 Å². The molecule has 5 rings (SSSR count). The van der Waals surface area contributed by atoms with Gasteiger partial charge in [-0.2, -0.15) is 0 Å². The number of hydrogen-bond acceptors (Lipinski definition) is 5. The fourth-order valence-electron chi connectivity index (χ4n) is 4.43. The maximum absolute atomic E-state index is 12.8. The molecule has 0 spiro atoms. The monoisotopic (exact) mass is 373 g/mol. The van der Waals surface area contributed by atoms with Crippen molar-refractivity contribution in [1.82, 2.24) is 14.7 Å². The molecule has 2 bridgehead atoms. The molecular weight excluding hydrogens is 346 g/mol. The van der Waals surface area contributed by atoms with Crippen LogP contribution in [0.25, 0.3) is 0 Å². The molecule has 4 heterocycles. The molecule has 0 unspecified atom stereocenters. The van der Waals surface area contributed by atoms with Crippen LogP contribution < -0.4 is 4.74 Å². The SMILES string of the molecule is COc1ccc(CN2C[C@@H]3CC[C@H](C2)N(C(=O)CN2CCOC2=O)C3)cc1. The molecule has 27 heavy (non-hydrogen) atoms. The molecule has 2 atom stereocenters. The van der Waals surface area contributed by atoms with E-state index in [1.54, 1.807) is 7.11 Å². The van der Waals surface area contributed by atoms with Crippen molar-refractivity contribution in [2.45, 2.75) is 25.4 Å². The van der Waals surface area contributed by atoms with Crippen LogP contribution in [-0.4, -0.2) is 79.2 Å². The zero-order chi connectivity index (χ0) is 18.8. The average Bonchev–Trinajstić information content (AvgIpc) is 2.89. The second-order valence-corrected chi connectivity index (χ2v) is 7.72. The molecule has 0 N–H and O–H groups in total. The second-order valence-electron chi connectivity index (χ2n) is 7.72. The molecule has 4 aliphatic heterocycles. The molecule has 4 fully saturated rings. The Morgan fingerprint density at radius 3 is 2.70 bits per heavy atom. The van der Waals surface area contributed by atoms with Gasteiger partial charge in [0, 0.05) is 32.2 Å². The summed E-state index contributed by atoms with van der Waals surface area (Å²) in [5.41, 5.74) is 1.26. The van der Waals surface area contributed by atoms with Crippen LogP contribution in [0.5, 0.6) is 5.75 Å². The number of ether oxygens (including phenoxy) is 2. The van der Waals surface area contributed by atoms with E-state index in [1.807, 2.05) is 17.0 Å². The van der Waals surface area contributed by atoms with Crippen LogP contribution in [0.15, 0.2) is 24.3 Å². The zero-order valence-corrected chi connectivity index (χ0v) is 15.8.